The fraction of sp³-hybridized carbons (Fsp3) is 0.250. The molecule has 1 unspecified atom stereocenters. The summed E-state index contributed by atoms with van der Waals surface area (Å²) in [6.07, 6.45) is -4.36. The summed E-state index contributed by atoms with van der Waals surface area (Å²) < 4.78 is 51.2. The highest BCUT2D eigenvalue weighted by Crippen LogP contribution is 2.31. The molecule has 0 saturated carbocycles. The first-order chi connectivity index (χ1) is 9.81. The van der Waals surface area contributed by atoms with E-state index in [0.29, 0.717) is 11.1 Å². The average Bonchev–Trinajstić information content (AvgIpc) is 2.38. The van der Waals surface area contributed by atoms with Crippen LogP contribution in [0.5, 0.6) is 0 Å². The van der Waals surface area contributed by atoms with Gasteiger partial charge in [-0.15, -0.1) is 0 Å². The summed E-state index contributed by atoms with van der Waals surface area (Å²) in [4.78, 5) is 0. The fourth-order valence-electron chi connectivity index (χ4n) is 2.32. The van der Waals surface area contributed by atoms with E-state index in [1.54, 1.807) is 14.0 Å². The fourth-order valence-corrected chi connectivity index (χ4v) is 2.32. The van der Waals surface area contributed by atoms with E-state index >= 15 is 0 Å². The van der Waals surface area contributed by atoms with Gasteiger partial charge in [-0.1, -0.05) is 18.2 Å². The minimum absolute atomic E-state index is 0.360. The molecule has 0 aromatic heterocycles. The van der Waals surface area contributed by atoms with E-state index in [9.17, 15) is 17.6 Å². The van der Waals surface area contributed by atoms with Crippen LogP contribution in [0.3, 0.4) is 0 Å². The zero-order valence-electron chi connectivity index (χ0n) is 11.6. The number of aryl methyl sites for hydroxylation is 1. The lowest BCUT2D eigenvalue weighted by atomic mass is 9.96. The molecule has 0 aliphatic carbocycles. The second-order valence-electron chi connectivity index (χ2n) is 4.90. The third-order valence-corrected chi connectivity index (χ3v) is 3.26. The van der Waals surface area contributed by atoms with Crippen molar-refractivity contribution in [2.75, 3.05) is 7.05 Å². The zero-order valence-corrected chi connectivity index (χ0v) is 11.6. The summed E-state index contributed by atoms with van der Waals surface area (Å²) in [5, 5.41) is 3.00. The van der Waals surface area contributed by atoms with Gasteiger partial charge >= 0.3 is 6.18 Å². The first-order valence-electron chi connectivity index (χ1n) is 6.43. The van der Waals surface area contributed by atoms with Crippen molar-refractivity contribution in [1.29, 1.82) is 0 Å². The van der Waals surface area contributed by atoms with Crippen LogP contribution in [-0.2, 0) is 6.18 Å². The minimum atomic E-state index is -4.36. The van der Waals surface area contributed by atoms with Crippen LogP contribution < -0.4 is 5.32 Å². The van der Waals surface area contributed by atoms with E-state index in [1.807, 2.05) is 6.07 Å². The van der Waals surface area contributed by atoms with Crippen molar-refractivity contribution < 1.29 is 17.6 Å². The molecular weight excluding hydrogens is 282 g/mol. The van der Waals surface area contributed by atoms with Crippen molar-refractivity contribution in [3.63, 3.8) is 0 Å². The molecule has 0 heterocycles. The Balaban J connectivity index is 2.37. The van der Waals surface area contributed by atoms with E-state index in [2.05, 4.69) is 5.32 Å². The third kappa shape index (κ3) is 3.61. The lowest BCUT2D eigenvalue weighted by Crippen LogP contribution is -2.18. The molecule has 2 aromatic carbocycles. The number of nitrogens with one attached hydrogen (secondary N) is 1. The van der Waals surface area contributed by atoms with Gasteiger partial charge in [-0.05, 0) is 54.9 Å². The van der Waals surface area contributed by atoms with Crippen molar-refractivity contribution >= 4 is 0 Å². The van der Waals surface area contributed by atoms with E-state index in [-0.39, 0.29) is 11.9 Å². The predicted octanol–water partition coefficient (Wildman–Crippen LogP) is 4.46. The highest BCUT2D eigenvalue weighted by atomic mass is 19.4. The highest BCUT2D eigenvalue weighted by Gasteiger charge is 2.30. The predicted molar refractivity (Wildman–Crippen MR) is 73.5 cm³/mol. The second kappa shape index (κ2) is 5.85. The Morgan fingerprint density at radius 2 is 1.57 bits per heavy atom. The monoisotopic (exact) mass is 297 g/mol. The summed E-state index contributed by atoms with van der Waals surface area (Å²) >= 11 is 0. The minimum Gasteiger partial charge on any atom is -0.309 e. The van der Waals surface area contributed by atoms with Gasteiger partial charge in [0.25, 0.3) is 0 Å². The molecule has 112 valence electrons. The van der Waals surface area contributed by atoms with Crippen LogP contribution in [-0.4, -0.2) is 7.05 Å². The molecule has 1 N–H and O–H groups in total. The number of rotatable bonds is 3. The number of hydrogen-bond acceptors (Lipinski definition) is 1. The van der Waals surface area contributed by atoms with Gasteiger partial charge in [0.05, 0.1) is 11.6 Å². The van der Waals surface area contributed by atoms with Crippen molar-refractivity contribution in [2.24, 2.45) is 0 Å². The highest BCUT2D eigenvalue weighted by molar-refractivity contribution is 5.36. The first kappa shape index (κ1) is 15.5. The Morgan fingerprint density at radius 3 is 2.05 bits per heavy atom. The van der Waals surface area contributed by atoms with Crippen molar-refractivity contribution in [3.8, 4) is 0 Å². The quantitative estimate of drug-likeness (QED) is 0.825. The Kier molecular flexibility index (Phi) is 4.32. The second-order valence-corrected chi connectivity index (χ2v) is 4.90. The maximum atomic E-state index is 13.5. The van der Waals surface area contributed by atoms with Gasteiger partial charge in [0.1, 0.15) is 5.82 Å². The van der Waals surface area contributed by atoms with Crippen LogP contribution in [0.15, 0.2) is 42.5 Å². The largest absolute Gasteiger partial charge is 0.416 e. The van der Waals surface area contributed by atoms with E-state index < -0.39 is 11.7 Å². The summed E-state index contributed by atoms with van der Waals surface area (Å²) in [5.41, 5.74) is 1.39. The number of benzene rings is 2. The summed E-state index contributed by atoms with van der Waals surface area (Å²) in [6, 6.07) is 9.12. The molecule has 5 heteroatoms. The maximum Gasteiger partial charge on any atom is 0.416 e. The van der Waals surface area contributed by atoms with Gasteiger partial charge in [0.2, 0.25) is 0 Å². The van der Waals surface area contributed by atoms with Crippen LogP contribution >= 0.6 is 0 Å². The number of halogens is 4. The molecule has 0 saturated heterocycles. The number of hydrogen-bond donors (Lipinski definition) is 1. The van der Waals surface area contributed by atoms with Gasteiger partial charge < -0.3 is 5.32 Å². The molecule has 0 bridgehead atoms. The number of alkyl halides is 3. The molecule has 2 aromatic rings. The van der Waals surface area contributed by atoms with E-state index in [4.69, 9.17) is 0 Å². The van der Waals surface area contributed by atoms with Crippen LogP contribution in [0, 0.1) is 12.7 Å². The third-order valence-electron chi connectivity index (χ3n) is 3.26. The lowest BCUT2D eigenvalue weighted by Gasteiger charge is -2.18. The van der Waals surface area contributed by atoms with Gasteiger partial charge in [-0.2, -0.15) is 13.2 Å². The van der Waals surface area contributed by atoms with Gasteiger partial charge in [-0.25, -0.2) is 4.39 Å². The van der Waals surface area contributed by atoms with Crippen molar-refractivity contribution in [2.45, 2.75) is 19.1 Å². The SMILES string of the molecule is CNC(c1ccc(C(F)(F)F)cc1)c1cc(C)cc(F)c1. The molecule has 1 atom stereocenters. The van der Waals surface area contributed by atoms with Gasteiger partial charge in [-0.3, -0.25) is 0 Å². The molecule has 0 aliphatic heterocycles. The molecule has 0 aliphatic rings. The normalized spacial score (nSPS) is 13.2. The standard InChI is InChI=1S/C16H15F4N/c1-10-7-12(9-14(17)8-10)15(21-2)11-3-5-13(6-4-11)16(18,19)20/h3-9,15,21H,1-2H3. The molecule has 0 amide bonds. The first-order valence-corrected chi connectivity index (χ1v) is 6.43. The Labute approximate surface area is 120 Å². The zero-order chi connectivity index (χ0) is 15.6. The smallest absolute Gasteiger partial charge is 0.309 e. The average molecular weight is 297 g/mol. The van der Waals surface area contributed by atoms with Crippen LogP contribution in [0.2, 0.25) is 0 Å². The van der Waals surface area contributed by atoms with Gasteiger partial charge in [0, 0.05) is 0 Å². The summed E-state index contributed by atoms with van der Waals surface area (Å²) in [5.74, 6) is -0.364. The molecule has 21 heavy (non-hydrogen) atoms. The molecular formula is C16H15F4N. The molecule has 1 nitrogen and oxygen atoms in total. The maximum absolute atomic E-state index is 13.5. The molecule has 2 rings (SSSR count). The van der Waals surface area contributed by atoms with E-state index in [0.717, 1.165) is 17.7 Å². The Morgan fingerprint density at radius 1 is 0.952 bits per heavy atom. The Bertz CT molecular complexity index is 597. The van der Waals surface area contributed by atoms with Crippen LogP contribution in [0.1, 0.15) is 28.3 Å². The lowest BCUT2D eigenvalue weighted by molar-refractivity contribution is -0.137. The molecule has 0 radical (unpaired) electrons. The van der Waals surface area contributed by atoms with Crippen LogP contribution in [0.4, 0.5) is 17.6 Å². The van der Waals surface area contributed by atoms with E-state index in [1.165, 1.54) is 24.3 Å². The van der Waals surface area contributed by atoms with Crippen LogP contribution in [0.25, 0.3) is 0 Å². The topological polar surface area (TPSA) is 12.0 Å². The van der Waals surface area contributed by atoms with Crippen molar-refractivity contribution in [3.05, 3.63) is 70.5 Å². The Hall–Kier alpha value is -1.88. The van der Waals surface area contributed by atoms with Crippen molar-refractivity contribution in [1.82, 2.24) is 5.32 Å². The summed E-state index contributed by atoms with van der Waals surface area (Å²) in [6.45, 7) is 1.77. The molecule has 0 spiro atoms. The summed E-state index contributed by atoms with van der Waals surface area (Å²) in [7, 11) is 1.68. The van der Waals surface area contributed by atoms with Gasteiger partial charge in [0.15, 0.2) is 0 Å². The molecule has 0 fully saturated rings.